The van der Waals surface area contributed by atoms with Crippen LogP contribution < -0.4 is 0 Å². The first-order valence-corrected chi connectivity index (χ1v) is 10.8. The molecule has 2 aliphatic rings. The number of ether oxygens (including phenoxy) is 1. The number of hydrogen-bond donors (Lipinski definition) is 0. The van der Waals surface area contributed by atoms with Crippen LogP contribution in [0.1, 0.15) is 91.9 Å². The molecule has 3 atom stereocenters. The molecule has 1 fully saturated rings. The molecule has 28 heavy (non-hydrogen) atoms. The topological polar surface area (TPSA) is 77.5 Å². The van der Waals surface area contributed by atoms with Crippen molar-refractivity contribution in [2.24, 2.45) is 11.8 Å². The summed E-state index contributed by atoms with van der Waals surface area (Å²) in [6.07, 6.45) is 7.32. The summed E-state index contributed by atoms with van der Waals surface area (Å²) in [4.78, 5) is 50.4. The number of carbonyl (C=O) groups excluding carboxylic acids is 4. The van der Waals surface area contributed by atoms with E-state index in [-0.39, 0.29) is 23.8 Å². The van der Waals surface area contributed by atoms with Crippen LogP contribution in [0.5, 0.6) is 0 Å². The van der Waals surface area contributed by atoms with Crippen LogP contribution in [0.25, 0.3) is 0 Å². The van der Waals surface area contributed by atoms with Gasteiger partial charge in [0.15, 0.2) is 5.60 Å². The Balaban J connectivity index is 2.14. The monoisotopic (exact) mass is 390 g/mol. The summed E-state index contributed by atoms with van der Waals surface area (Å²) < 4.78 is 5.49. The van der Waals surface area contributed by atoms with E-state index in [1.54, 1.807) is 13.8 Å². The first-order valence-electron chi connectivity index (χ1n) is 10.8. The van der Waals surface area contributed by atoms with Crippen LogP contribution in [0.2, 0.25) is 0 Å². The lowest BCUT2D eigenvalue weighted by atomic mass is 9.67. The molecule has 0 aromatic heterocycles. The van der Waals surface area contributed by atoms with Crippen LogP contribution in [0.3, 0.4) is 0 Å². The maximum Gasteiger partial charge on any atom is 0.317 e. The molecule has 0 radical (unpaired) electrons. The van der Waals surface area contributed by atoms with Crippen molar-refractivity contribution in [1.82, 2.24) is 0 Å². The molecule has 3 unspecified atom stereocenters. The Morgan fingerprint density at radius 1 is 1.04 bits per heavy atom. The smallest absolute Gasteiger partial charge is 0.317 e. The van der Waals surface area contributed by atoms with Gasteiger partial charge in [0.2, 0.25) is 5.78 Å². The zero-order chi connectivity index (χ0) is 20.9. The zero-order valence-electron chi connectivity index (χ0n) is 17.8. The van der Waals surface area contributed by atoms with E-state index in [1.807, 2.05) is 6.92 Å². The van der Waals surface area contributed by atoms with Gasteiger partial charge in [-0.1, -0.05) is 45.1 Å². The second-order valence-electron chi connectivity index (χ2n) is 8.47. The Bertz CT molecular complexity index is 674. The third kappa shape index (κ3) is 4.61. The van der Waals surface area contributed by atoms with Crippen LogP contribution in [0.4, 0.5) is 0 Å². The molecule has 5 heteroatoms. The lowest BCUT2D eigenvalue weighted by molar-refractivity contribution is -0.157. The predicted molar refractivity (Wildman–Crippen MR) is 107 cm³/mol. The third-order valence-corrected chi connectivity index (χ3v) is 6.28. The first kappa shape index (κ1) is 22.5. The molecule has 1 aliphatic carbocycles. The van der Waals surface area contributed by atoms with E-state index in [1.165, 1.54) is 0 Å². The van der Waals surface area contributed by atoms with Crippen LogP contribution in [-0.2, 0) is 23.9 Å². The van der Waals surface area contributed by atoms with E-state index in [4.69, 9.17) is 4.74 Å². The fourth-order valence-corrected chi connectivity index (χ4v) is 4.53. The van der Waals surface area contributed by atoms with Gasteiger partial charge >= 0.3 is 5.97 Å². The Hall–Kier alpha value is -1.78. The van der Waals surface area contributed by atoms with Gasteiger partial charge in [-0.15, -0.1) is 0 Å². The molecule has 1 aliphatic heterocycles. The Kier molecular flexibility index (Phi) is 7.73. The molecular formula is C23H34O5. The summed E-state index contributed by atoms with van der Waals surface area (Å²) in [6.45, 7) is 7.41. The van der Waals surface area contributed by atoms with Crippen molar-refractivity contribution in [1.29, 1.82) is 0 Å². The Morgan fingerprint density at radius 3 is 2.36 bits per heavy atom. The van der Waals surface area contributed by atoms with Gasteiger partial charge in [-0.3, -0.25) is 19.2 Å². The molecule has 0 bridgehead atoms. The Labute approximate surface area is 168 Å². The minimum absolute atomic E-state index is 0.0947. The van der Waals surface area contributed by atoms with Gasteiger partial charge in [0, 0.05) is 25.2 Å². The molecule has 0 N–H and O–H groups in total. The average molecular weight is 391 g/mol. The van der Waals surface area contributed by atoms with Gasteiger partial charge in [-0.25, -0.2) is 0 Å². The molecule has 0 aromatic rings. The maximum atomic E-state index is 13.0. The number of esters is 1. The second-order valence-corrected chi connectivity index (χ2v) is 8.47. The third-order valence-electron chi connectivity index (χ3n) is 6.28. The summed E-state index contributed by atoms with van der Waals surface area (Å²) in [5.41, 5.74) is 0.00900. The van der Waals surface area contributed by atoms with E-state index in [0.29, 0.717) is 24.8 Å². The fourth-order valence-electron chi connectivity index (χ4n) is 4.53. The standard InChI is InChI=1S/C23H34O5/c1-5-7-8-9-10-12-19(25)20-18-14-16(13-17(24)11-6-2)15(3)21(26)23(18,4)28-22(20)27/h18,20H,5-14H2,1-4H3. The van der Waals surface area contributed by atoms with Crippen molar-refractivity contribution in [3.63, 3.8) is 0 Å². The molecule has 0 saturated carbocycles. The van der Waals surface area contributed by atoms with Crippen LogP contribution >= 0.6 is 0 Å². The lowest BCUT2D eigenvalue weighted by Gasteiger charge is -2.35. The van der Waals surface area contributed by atoms with Crippen LogP contribution in [0.15, 0.2) is 11.1 Å². The van der Waals surface area contributed by atoms with Crippen LogP contribution in [0, 0.1) is 11.8 Å². The van der Waals surface area contributed by atoms with Gasteiger partial charge in [0.05, 0.1) is 0 Å². The average Bonchev–Trinajstić information content (AvgIpc) is 2.90. The lowest BCUT2D eigenvalue weighted by Crippen LogP contribution is -2.47. The van der Waals surface area contributed by atoms with Gasteiger partial charge < -0.3 is 4.74 Å². The first-order chi connectivity index (χ1) is 13.3. The number of Topliss-reactive ketones (excluding diaryl/α,β-unsaturated/α-hetero) is 3. The number of unbranched alkanes of at least 4 members (excludes halogenated alkanes) is 4. The van der Waals surface area contributed by atoms with Gasteiger partial charge in [0.1, 0.15) is 17.5 Å². The number of fused-ring (bicyclic) bond motifs is 1. The van der Waals surface area contributed by atoms with Gasteiger partial charge in [-0.05, 0) is 38.7 Å². The SMILES string of the molecule is CCCCCCCC(=O)C1C(=O)OC2(C)C(=O)C(C)=C(CC(=O)CCC)CC12. The van der Waals surface area contributed by atoms with Crippen LogP contribution in [-0.4, -0.2) is 28.9 Å². The molecule has 0 spiro atoms. The summed E-state index contributed by atoms with van der Waals surface area (Å²) in [6, 6.07) is 0. The molecular weight excluding hydrogens is 356 g/mol. The van der Waals surface area contributed by atoms with Crippen molar-refractivity contribution in [3.8, 4) is 0 Å². The molecule has 0 aromatic carbocycles. The maximum absolute atomic E-state index is 13.0. The summed E-state index contributed by atoms with van der Waals surface area (Å²) in [5, 5.41) is 0. The molecule has 2 rings (SSSR count). The van der Waals surface area contributed by atoms with Crippen molar-refractivity contribution in [2.45, 2.75) is 97.5 Å². The highest BCUT2D eigenvalue weighted by Crippen LogP contribution is 2.48. The summed E-state index contributed by atoms with van der Waals surface area (Å²) in [7, 11) is 0. The second kappa shape index (κ2) is 9.62. The number of ketones is 3. The normalized spacial score (nSPS) is 27.0. The number of hydrogen-bond acceptors (Lipinski definition) is 5. The number of allylic oxidation sites excluding steroid dienone is 1. The minimum atomic E-state index is -1.28. The van der Waals surface area contributed by atoms with Crippen molar-refractivity contribution >= 4 is 23.3 Å². The number of rotatable bonds is 11. The highest BCUT2D eigenvalue weighted by atomic mass is 16.6. The minimum Gasteiger partial charge on any atom is -0.450 e. The largest absolute Gasteiger partial charge is 0.450 e. The molecule has 0 amide bonds. The van der Waals surface area contributed by atoms with E-state index in [2.05, 4.69) is 6.92 Å². The Morgan fingerprint density at radius 2 is 1.71 bits per heavy atom. The van der Waals surface area contributed by atoms with E-state index >= 15 is 0 Å². The predicted octanol–water partition coefficient (Wildman–Crippen LogP) is 4.51. The van der Waals surface area contributed by atoms with Gasteiger partial charge in [-0.2, -0.15) is 0 Å². The molecule has 5 nitrogen and oxygen atoms in total. The van der Waals surface area contributed by atoms with E-state index in [0.717, 1.165) is 44.1 Å². The molecule has 1 heterocycles. The molecule has 1 saturated heterocycles. The number of carbonyl (C=O) groups is 4. The van der Waals surface area contributed by atoms with E-state index in [9.17, 15) is 19.2 Å². The van der Waals surface area contributed by atoms with E-state index < -0.39 is 23.4 Å². The molecule has 156 valence electrons. The zero-order valence-corrected chi connectivity index (χ0v) is 17.8. The summed E-state index contributed by atoms with van der Waals surface area (Å²) in [5.74, 6) is -2.24. The van der Waals surface area contributed by atoms with Crippen molar-refractivity contribution in [2.75, 3.05) is 0 Å². The van der Waals surface area contributed by atoms with Crippen molar-refractivity contribution in [3.05, 3.63) is 11.1 Å². The fraction of sp³-hybridized carbons (Fsp3) is 0.739. The quantitative estimate of drug-likeness (QED) is 0.295. The van der Waals surface area contributed by atoms with Gasteiger partial charge in [0.25, 0.3) is 0 Å². The highest BCUT2D eigenvalue weighted by molar-refractivity contribution is 6.10. The highest BCUT2D eigenvalue weighted by Gasteiger charge is 2.61. The van der Waals surface area contributed by atoms with Crippen molar-refractivity contribution < 1.29 is 23.9 Å². The summed E-state index contributed by atoms with van der Waals surface area (Å²) >= 11 is 0.